The third kappa shape index (κ3) is 3.60. The molecule has 1 heterocycles. The molecule has 0 aromatic carbocycles. The molecule has 2 heteroatoms. The molecule has 0 amide bonds. The van der Waals surface area contributed by atoms with Crippen molar-refractivity contribution >= 4 is 0 Å². The molecule has 1 aliphatic carbocycles. The summed E-state index contributed by atoms with van der Waals surface area (Å²) in [4.78, 5) is 4.39. The van der Waals surface area contributed by atoms with Crippen LogP contribution in [-0.4, -0.2) is 17.6 Å². The van der Waals surface area contributed by atoms with E-state index >= 15 is 0 Å². The molecule has 1 aliphatic rings. The molecule has 1 N–H and O–H groups in total. The average molecular weight is 218 g/mol. The van der Waals surface area contributed by atoms with E-state index < -0.39 is 0 Å². The molecular formula is C14H22N2. The molecule has 1 fully saturated rings. The molecule has 0 radical (unpaired) electrons. The molecule has 0 spiro atoms. The van der Waals surface area contributed by atoms with Crippen LogP contribution in [0.15, 0.2) is 24.4 Å². The van der Waals surface area contributed by atoms with Gasteiger partial charge in [-0.3, -0.25) is 4.98 Å². The number of hydrogen-bond acceptors (Lipinski definition) is 2. The van der Waals surface area contributed by atoms with Crippen molar-refractivity contribution in [3.8, 4) is 0 Å². The summed E-state index contributed by atoms with van der Waals surface area (Å²) in [6.45, 7) is 5.82. The first-order chi connectivity index (χ1) is 7.75. The highest BCUT2D eigenvalue weighted by atomic mass is 14.9. The Bertz CT molecular complexity index is 306. The molecule has 0 aliphatic heterocycles. The molecular weight excluding hydrogens is 196 g/mol. The van der Waals surface area contributed by atoms with Crippen molar-refractivity contribution in [1.82, 2.24) is 10.3 Å². The quantitative estimate of drug-likeness (QED) is 0.794. The molecule has 2 atom stereocenters. The smallest absolute Gasteiger partial charge is 0.0406 e. The van der Waals surface area contributed by atoms with Crippen LogP contribution in [0.4, 0.5) is 0 Å². The van der Waals surface area contributed by atoms with Crippen molar-refractivity contribution in [3.05, 3.63) is 30.1 Å². The van der Waals surface area contributed by atoms with Gasteiger partial charge in [-0.2, -0.15) is 0 Å². The van der Waals surface area contributed by atoms with E-state index in [2.05, 4.69) is 36.3 Å². The lowest BCUT2D eigenvalue weighted by Gasteiger charge is -2.20. The molecule has 2 unspecified atom stereocenters. The molecule has 1 saturated carbocycles. The Morgan fingerprint density at radius 3 is 2.75 bits per heavy atom. The number of nitrogens with zero attached hydrogens (tertiary/aromatic N) is 1. The third-order valence-corrected chi connectivity index (χ3v) is 3.53. The van der Waals surface area contributed by atoms with Gasteiger partial charge < -0.3 is 5.32 Å². The van der Waals surface area contributed by atoms with Gasteiger partial charge in [0.25, 0.3) is 0 Å². The van der Waals surface area contributed by atoms with Crippen LogP contribution in [0.1, 0.15) is 32.4 Å². The monoisotopic (exact) mass is 218 g/mol. The third-order valence-electron chi connectivity index (χ3n) is 3.53. The first-order valence-electron chi connectivity index (χ1n) is 6.39. The van der Waals surface area contributed by atoms with Gasteiger partial charge in [-0.05, 0) is 49.8 Å². The lowest BCUT2D eigenvalue weighted by Crippen LogP contribution is -2.27. The maximum absolute atomic E-state index is 4.39. The SMILES string of the molecule is CC(CNC1CC1)C(C)Cc1ccccn1. The van der Waals surface area contributed by atoms with Gasteiger partial charge in [0.1, 0.15) is 0 Å². The predicted molar refractivity (Wildman–Crippen MR) is 67.3 cm³/mol. The van der Waals surface area contributed by atoms with Crippen molar-refractivity contribution in [2.45, 2.75) is 39.2 Å². The van der Waals surface area contributed by atoms with Crippen LogP contribution in [0.2, 0.25) is 0 Å². The lowest BCUT2D eigenvalue weighted by molar-refractivity contribution is 0.362. The summed E-state index contributed by atoms with van der Waals surface area (Å²) in [6, 6.07) is 7.00. The van der Waals surface area contributed by atoms with Gasteiger partial charge in [0.2, 0.25) is 0 Å². The Morgan fingerprint density at radius 1 is 1.31 bits per heavy atom. The number of hydrogen-bond donors (Lipinski definition) is 1. The van der Waals surface area contributed by atoms with Crippen molar-refractivity contribution in [3.63, 3.8) is 0 Å². The van der Waals surface area contributed by atoms with Gasteiger partial charge in [0, 0.05) is 17.9 Å². The largest absolute Gasteiger partial charge is 0.314 e. The summed E-state index contributed by atoms with van der Waals surface area (Å²) in [5.41, 5.74) is 1.22. The summed E-state index contributed by atoms with van der Waals surface area (Å²) >= 11 is 0. The van der Waals surface area contributed by atoms with Crippen LogP contribution in [0.25, 0.3) is 0 Å². The highest BCUT2D eigenvalue weighted by Gasteiger charge is 2.22. The van der Waals surface area contributed by atoms with Gasteiger partial charge in [0.15, 0.2) is 0 Å². The minimum absolute atomic E-state index is 0.696. The van der Waals surface area contributed by atoms with Crippen LogP contribution in [-0.2, 0) is 6.42 Å². The minimum Gasteiger partial charge on any atom is -0.314 e. The standard InChI is InChI=1S/C14H22N2/c1-11(9-14-5-3-4-8-15-14)12(2)10-16-13-6-7-13/h3-5,8,11-13,16H,6-7,9-10H2,1-2H3. The van der Waals surface area contributed by atoms with E-state index in [1.54, 1.807) is 0 Å². The summed E-state index contributed by atoms with van der Waals surface area (Å²) in [6.07, 6.45) is 5.73. The lowest BCUT2D eigenvalue weighted by atomic mass is 9.91. The second-order valence-corrected chi connectivity index (χ2v) is 5.16. The van der Waals surface area contributed by atoms with Gasteiger partial charge in [-0.1, -0.05) is 19.9 Å². The van der Waals surface area contributed by atoms with E-state index in [0.717, 1.165) is 24.9 Å². The van der Waals surface area contributed by atoms with Crippen LogP contribution in [0.3, 0.4) is 0 Å². The van der Waals surface area contributed by atoms with Crippen molar-refractivity contribution in [1.29, 1.82) is 0 Å². The Hall–Kier alpha value is -0.890. The van der Waals surface area contributed by atoms with E-state index in [1.807, 2.05) is 12.3 Å². The highest BCUT2D eigenvalue weighted by molar-refractivity contribution is 5.04. The molecule has 0 bridgehead atoms. The highest BCUT2D eigenvalue weighted by Crippen LogP contribution is 2.21. The van der Waals surface area contributed by atoms with Gasteiger partial charge in [0.05, 0.1) is 0 Å². The Kier molecular flexibility index (Phi) is 3.94. The summed E-state index contributed by atoms with van der Waals surface area (Å²) < 4.78 is 0. The maximum Gasteiger partial charge on any atom is 0.0406 e. The summed E-state index contributed by atoms with van der Waals surface area (Å²) in [7, 11) is 0. The number of rotatable bonds is 6. The van der Waals surface area contributed by atoms with Crippen LogP contribution < -0.4 is 5.32 Å². The van der Waals surface area contributed by atoms with E-state index in [4.69, 9.17) is 0 Å². The van der Waals surface area contributed by atoms with Crippen molar-refractivity contribution in [2.75, 3.05) is 6.54 Å². The molecule has 0 saturated heterocycles. The fourth-order valence-corrected chi connectivity index (χ4v) is 1.89. The summed E-state index contributed by atoms with van der Waals surface area (Å²) in [5.74, 6) is 1.42. The van der Waals surface area contributed by atoms with Crippen LogP contribution >= 0.6 is 0 Å². The van der Waals surface area contributed by atoms with Crippen molar-refractivity contribution < 1.29 is 0 Å². The number of nitrogens with one attached hydrogen (secondary N) is 1. The van der Waals surface area contributed by atoms with E-state index in [0.29, 0.717) is 5.92 Å². The fraction of sp³-hybridized carbons (Fsp3) is 0.643. The van der Waals surface area contributed by atoms with Gasteiger partial charge in [-0.15, -0.1) is 0 Å². The molecule has 1 aromatic heterocycles. The molecule has 2 rings (SSSR count). The topological polar surface area (TPSA) is 24.9 Å². The normalized spacial score (nSPS) is 19.4. The molecule has 16 heavy (non-hydrogen) atoms. The maximum atomic E-state index is 4.39. The first kappa shape index (κ1) is 11.6. The second-order valence-electron chi connectivity index (χ2n) is 5.16. The number of aromatic nitrogens is 1. The van der Waals surface area contributed by atoms with E-state index in [-0.39, 0.29) is 0 Å². The molecule has 1 aromatic rings. The average Bonchev–Trinajstić information content (AvgIpc) is 3.11. The Labute approximate surface area is 98.5 Å². The number of pyridine rings is 1. The molecule has 88 valence electrons. The Morgan fingerprint density at radius 2 is 2.12 bits per heavy atom. The van der Waals surface area contributed by atoms with E-state index in [9.17, 15) is 0 Å². The zero-order valence-corrected chi connectivity index (χ0v) is 10.3. The van der Waals surface area contributed by atoms with E-state index in [1.165, 1.54) is 18.5 Å². The van der Waals surface area contributed by atoms with Gasteiger partial charge in [-0.25, -0.2) is 0 Å². The Balaban J connectivity index is 1.75. The van der Waals surface area contributed by atoms with Crippen LogP contribution in [0, 0.1) is 11.8 Å². The minimum atomic E-state index is 0.696. The summed E-state index contributed by atoms with van der Waals surface area (Å²) in [5, 5.41) is 3.60. The predicted octanol–water partition coefficient (Wildman–Crippen LogP) is 2.65. The second kappa shape index (κ2) is 5.44. The van der Waals surface area contributed by atoms with Crippen molar-refractivity contribution in [2.24, 2.45) is 11.8 Å². The fourth-order valence-electron chi connectivity index (χ4n) is 1.89. The first-order valence-corrected chi connectivity index (χ1v) is 6.39. The zero-order chi connectivity index (χ0) is 11.4. The molecule has 2 nitrogen and oxygen atoms in total. The zero-order valence-electron chi connectivity index (χ0n) is 10.3. The van der Waals surface area contributed by atoms with Crippen LogP contribution in [0.5, 0.6) is 0 Å². The van der Waals surface area contributed by atoms with Gasteiger partial charge >= 0.3 is 0 Å².